The second-order valence-corrected chi connectivity index (χ2v) is 10.7. The number of carbonyl (C=O) groups is 1. The van der Waals surface area contributed by atoms with E-state index in [0.717, 1.165) is 12.0 Å². The van der Waals surface area contributed by atoms with Crippen molar-refractivity contribution in [2.24, 2.45) is 5.92 Å². The molecule has 3 rings (SSSR count). The smallest absolute Gasteiger partial charge is 0.545 e. The zero-order chi connectivity index (χ0) is 22.3. The van der Waals surface area contributed by atoms with Crippen LogP contribution in [0.5, 0.6) is 0 Å². The zero-order valence-electron chi connectivity index (χ0n) is 20.6. The first-order valence-corrected chi connectivity index (χ1v) is 11.1. The number of hydrogen-bond donors (Lipinski definition) is 0. The van der Waals surface area contributed by atoms with E-state index >= 15 is 0 Å². The molecule has 0 heterocycles. The molecule has 2 aromatic carbocycles. The summed E-state index contributed by atoms with van der Waals surface area (Å²) in [6.07, 6.45) is 5.62. The SMILES string of the molecule is CC(=Cc1ccc(C(=O)[O-])cc1)c1cc2c(cc1CC(C)C)C(C)(C)CCC2(C)C.[Na+]. The number of carbonyl (C=O) groups excluding carboxylic acids is 1. The van der Waals surface area contributed by atoms with E-state index in [2.05, 4.69) is 66.7 Å². The molecule has 0 aromatic heterocycles. The molecule has 1 aliphatic rings. The molecule has 0 unspecified atom stereocenters. The quantitative estimate of drug-likeness (QED) is 0.544. The van der Waals surface area contributed by atoms with Gasteiger partial charge in [-0.25, -0.2) is 0 Å². The molecule has 0 spiro atoms. The van der Waals surface area contributed by atoms with Crippen LogP contribution in [0.1, 0.15) is 99.5 Å². The number of aromatic carboxylic acids is 1. The maximum atomic E-state index is 11.0. The number of benzene rings is 2. The summed E-state index contributed by atoms with van der Waals surface area (Å²) in [6.45, 7) is 16.2. The standard InChI is InChI=1S/C28H36O2.Na/c1-18(2)14-22-16-24-25(28(6,7)13-12-27(24,4)5)17-23(22)19(3)15-20-8-10-21(11-9-20)26(29)30;/h8-11,15-18H,12-14H2,1-7H3,(H,29,30);/q;+1/p-1. The molecular formula is C28H35NaO2. The fourth-order valence-corrected chi connectivity index (χ4v) is 4.68. The fraction of sp³-hybridized carbons (Fsp3) is 0.464. The molecule has 0 atom stereocenters. The van der Waals surface area contributed by atoms with Gasteiger partial charge in [0.25, 0.3) is 0 Å². The van der Waals surface area contributed by atoms with Crippen LogP contribution in [0, 0.1) is 5.92 Å². The van der Waals surface area contributed by atoms with Crippen molar-refractivity contribution in [3.8, 4) is 0 Å². The van der Waals surface area contributed by atoms with Gasteiger partial charge in [-0.15, -0.1) is 0 Å². The Bertz CT molecular complexity index is 979. The molecule has 2 nitrogen and oxygen atoms in total. The minimum absolute atomic E-state index is 0. The number of allylic oxidation sites excluding steroid dienone is 1. The molecule has 0 radical (unpaired) electrons. The predicted molar refractivity (Wildman–Crippen MR) is 125 cm³/mol. The molecule has 0 aliphatic heterocycles. The fourth-order valence-electron chi connectivity index (χ4n) is 4.68. The first kappa shape index (κ1) is 25.9. The van der Waals surface area contributed by atoms with E-state index in [4.69, 9.17) is 0 Å². The van der Waals surface area contributed by atoms with Crippen molar-refractivity contribution < 1.29 is 39.5 Å². The van der Waals surface area contributed by atoms with Crippen LogP contribution in [0.3, 0.4) is 0 Å². The van der Waals surface area contributed by atoms with E-state index in [9.17, 15) is 9.90 Å². The van der Waals surface area contributed by atoms with Gasteiger partial charge in [0.1, 0.15) is 0 Å². The van der Waals surface area contributed by atoms with E-state index in [-0.39, 0.29) is 46.0 Å². The average Bonchev–Trinajstić information content (AvgIpc) is 2.65. The first-order valence-electron chi connectivity index (χ1n) is 11.1. The normalized spacial score (nSPS) is 17.1. The third kappa shape index (κ3) is 5.72. The van der Waals surface area contributed by atoms with Gasteiger partial charge in [0.05, 0.1) is 5.97 Å². The van der Waals surface area contributed by atoms with Crippen LogP contribution in [0.2, 0.25) is 0 Å². The second-order valence-electron chi connectivity index (χ2n) is 10.7. The molecule has 1 aliphatic carbocycles. The molecule has 160 valence electrons. The summed E-state index contributed by atoms with van der Waals surface area (Å²) < 4.78 is 0. The monoisotopic (exact) mass is 426 g/mol. The van der Waals surface area contributed by atoms with Crippen LogP contribution in [0.15, 0.2) is 36.4 Å². The molecule has 0 bridgehead atoms. The Labute approximate surface area is 210 Å². The third-order valence-electron chi connectivity index (χ3n) is 6.66. The van der Waals surface area contributed by atoms with Gasteiger partial charge >= 0.3 is 29.6 Å². The summed E-state index contributed by atoms with van der Waals surface area (Å²) >= 11 is 0. The summed E-state index contributed by atoms with van der Waals surface area (Å²) in [5, 5.41) is 11.0. The molecule has 2 aromatic rings. The summed E-state index contributed by atoms with van der Waals surface area (Å²) in [5.74, 6) is -0.558. The van der Waals surface area contributed by atoms with Gasteiger partial charge < -0.3 is 9.90 Å². The summed E-state index contributed by atoms with van der Waals surface area (Å²) in [6, 6.07) is 11.8. The Morgan fingerprint density at radius 1 is 1.00 bits per heavy atom. The van der Waals surface area contributed by atoms with Crippen molar-refractivity contribution >= 4 is 17.6 Å². The zero-order valence-corrected chi connectivity index (χ0v) is 22.6. The van der Waals surface area contributed by atoms with Crippen LogP contribution in [-0.2, 0) is 17.3 Å². The molecule has 31 heavy (non-hydrogen) atoms. The summed E-state index contributed by atoms with van der Waals surface area (Å²) in [4.78, 5) is 11.0. The largest absolute Gasteiger partial charge is 1.00 e. The van der Waals surface area contributed by atoms with Crippen LogP contribution >= 0.6 is 0 Å². The minimum atomic E-state index is -1.14. The molecular weight excluding hydrogens is 391 g/mol. The predicted octanol–water partition coefficient (Wildman–Crippen LogP) is 3.16. The van der Waals surface area contributed by atoms with Crippen LogP contribution in [0.4, 0.5) is 0 Å². The summed E-state index contributed by atoms with van der Waals surface area (Å²) in [7, 11) is 0. The maximum Gasteiger partial charge on any atom is 1.00 e. The van der Waals surface area contributed by atoms with Crippen molar-refractivity contribution in [2.75, 3.05) is 0 Å². The van der Waals surface area contributed by atoms with Crippen LogP contribution in [-0.4, -0.2) is 5.97 Å². The van der Waals surface area contributed by atoms with Crippen molar-refractivity contribution in [1.29, 1.82) is 0 Å². The maximum absolute atomic E-state index is 11.0. The molecule has 0 fully saturated rings. The second kappa shape index (κ2) is 9.65. The Hall–Kier alpha value is -1.35. The van der Waals surface area contributed by atoms with Crippen molar-refractivity contribution in [3.05, 3.63) is 69.8 Å². The van der Waals surface area contributed by atoms with Gasteiger partial charge in [-0.1, -0.05) is 84.0 Å². The van der Waals surface area contributed by atoms with E-state index in [1.54, 1.807) is 12.1 Å². The van der Waals surface area contributed by atoms with Gasteiger partial charge in [0.15, 0.2) is 0 Å². The number of fused-ring (bicyclic) bond motifs is 1. The van der Waals surface area contributed by atoms with Crippen LogP contribution in [0.25, 0.3) is 11.6 Å². The van der Waals surface area contributed by atoms with Gasteiger partial charge in [0, 0.05) is 0 Å². The Kier molecular flexibility index (Phi) is 8.06. The van der Waals surface area contributed by atoms with Gasteiger partial charge in [-0.05, 0) is 81.9 Å². The van der Waals surface area contributed by atoms with Gasteiger partial charge in [-0.2, -0.15) is 0 Å². The first-order chi connectivity index (χ1) is 13.9. The van der Waals surface area contributed by atoms with Crippen molar-refractivity contribution in [3.63, 3.8) is 0 Å². The van der Waals surface area contributed by atoms with E-state index < -0.39 is 5.97 Å². The molecule has 3 heteroatoms. The third-order valence-corrected chi connectivity index (χ3v) is 6.66. The minimum Gasteiger partial charge on any atom is -0.545 e. The molecule has 0 saturated heterocycles. The van der Waals surface area contributed by atoms with Gasteiger partial charge in [-0.3, -0.25) is 0 Å². The topological polar surface area (TPSA) is 40.1 Å². The molecule has 0 N–H and O–H groups in total. The Morgan fingerprint density at radius 2 is 1.52 bits per heavy atom. The average molecular weight is 427 g/mol. The Morgan fingerprint density at radius 3 is 2.00 bits per heavy atom. The number of carboxylic acids is 1. The van der Waals surface area contributed by atoms with Crippen molar-refractivity contribution in [1.82, 2.24) is 0 Å². The van der Waals surface area contributed by atoms with E-state index in [0.29, 0.717) is 5.92 Å². The number of rotatable bonds is 5. The van der Waals surface area contributed by atoms with Crippen LogP contribution < -0.4 is 34.7 Å². The van der Waals surface area contributed by atoms with E-state index in [1.807, 2.05) is 12.1 Å². The van der Waals surface area contributed by atoms with Gasteiger partial charge in [0.2, 0.25) is 0 Å². The number of hydrogen-bond acceptors (Lipinski definition) is 2. The number of carboxylic acid groups (broad SMARTS) is 1. The van der Waals surface area contributed by atoms with Crippen molar-refractivity contribution in [2.45, 2.75) is 78.6 Å². The summed E-state index contributed by atoms with van der Waals surface area (Å²) in [5.41, 5.74) is 8.51. The molecule has 0 saturated carbocycles. The van der Waals surface area contributed by atoms with E-state index in [1.165, 1.54) is 40.7 Å². The Balaban J connectivity index is 0.00000341. The molecule has 0 amide bonds.